The summed E-state index contributed by atoms with van der Waals surface area (Å²) in [6, 6.07) is 4.44. The number of ether oxygens (including phenoxy) is 1. The molecular weight excluding hydrogens is 263 g/mol. The second-order valence-corrected chi connectivity index (χ2v) is 5.52. The van der Waals surface area contributed by atoms with Gasteiger partial charge >= 0.3 is 0 Å². The number of hydrogen-bond acceptors (Lipinski definition) is 4. The first-order valence-electron chi connectivity index (χ1n) is 6.13. The summed E-state index contributed by atoms with van der Waals surface area (Å²) in [4.78, 5) is 4.46. The van der Waals surface area contributed by atoms with Gasteiger partial charge in [-0.2, -0.15) is 0 Å². The Labute approximate surface area is 116 Å². The second kappa shape index (κ2) is 6.02. The van der Waals surface area contributed by atoms with Crippen molar-refractivity contribution in [3.05, 3.63) is 29.4 Å². The highest BCUT2D eigenvalue weighted by molar-refractivity contribution is 7.14. The normalized spacial score (nSPS) is 10.8. The van der Waals surface area contributed by atoms with E-state index in [1.54, 1.807) is 13.2 Å². The fraction of sp³-hybridized carbons (Fsp3) is 0.357. The minimum Gasteiger partial charge on any atom is -0.496 e. The van der Waals surface area contributed by atoms with Crippen molar-refractivity contribution in [2.45, 2.75) is 13.8 Å². The van der Waals surface area contributed by atoms with E-state index < -0.39 is 0 Å². The molecule has 3 nitrogen and oxygen atoms in total. The quantitative estimate of drug-likeness (QED) is 0.898. The van der Waals surface area contributed by atoms with Gasteiger partial charge in [-0.25, -0.2) is 9.37 Å². The van der Waals surface area contributed by atoms with Crippen LogP contribution >= 0.6 is 11.3 Å². The molecule has 1 aromatic carbocycles. The highest BCUT2D eigenvalue weighted by Gasteiger charge is 2.11. The third-order valence-electron chi connectivity index (χ3n) is 2.60. The van der Waals surface area contributed by atoms with Gasteiger partial charge in [-0.15, -0.1) is 11.3 Å². The minimum atomic E-state index is -0.291. The average molecular weight is 280 g/mol. The summed E-state index contributed by atoms with van der Waals surface area (Å²) in [5.74, 6) is 0.888. The number of benzene rings is 1. The first-order chi connectivity index (χ1) is 9.10. The lowest BCUT2D eigenvalue weighted by Gasteiger charge is -2.06. The Morgan fingerprint density at radius 1 is 1.42 bits per heavy atom. The molecule has 0 fully saturated rings. The average Bonchev–Trinajstić information content (AvgIpc) is 2.85. The molecule has 0 radical (unpaired) electrons. The van der Waals surface area contributed by atoms with Crippen molar-refractivity contribution in [3.63, 3.8) is 0 Å². The summed E-state index contributed by atoms with van der Waals surface area (Å²) in [6.45, 7) is 5.14. The van der Waals surface area contributed by atoms with Crippen molar-refractivity contribution < 1.29 is 9.13 Å². The zero-order chi connectivity index (χ0) is 13.8. The van der Waals surface area contributed by atoms with Crippen LogP contribution in [0.5, 0.6) is 5.75 Å². The van der Waals surface area contributed by atoms with Crippen molar-refractivity contribution in [2.75, 3.05) is 19.0 Å². The Bertz CT molecular complexity index is 554. The summed E-state index contributed by atoms with van der Waals surface area (Å²) in [5, 5.41) is 6.00. The molecule has 0 unspecified atom stereocenters. The number of methoxy groups -OCH3 is 1. The van der Waals surface area contributed by atoms with E-state index in [9.17, 15) is 4.39 Å². The highest BCUT2D eigenvalue weighted by Crippen LogP contribution is 2.32. The van der Waals surface area contributed by atoms with Gasteiger partial charge in [0.15, 0.2) is 5.13 Å². The molecule has 0 saturated heterocycles. The lowest BCUT2D eigenvalue weighted by Crippen LogP contribution is -2.07. The number of nitrogens with zero attached hydrogens (tertiary/aromatic N) is 1. The predicted molar refractivity (Wildman–Crippen MR) is 77.4 cm³/mol. The molecule has 2 rings (SSSR count). The Balaban J connectivity index is 2.24. The number of rotatable bonds is 5. The van der Waals surface area contributed by atoms with Gasteiger partial charge in [0.1, 0.15) is 11.6 Å². The van der Waals surface area contributed by atoms with Crippen molar-refractivity contribution in [1.82, 2.24) is 4.98 Å². The second-order valence-electron chi connectivity index (χ2n) is 4.66. The molecule has 19 heavy (non-hydrogen) atoms. The molecular formula is C14H17FN2OS. The van der Waals surface area contributed by atoms with Gasteiger partial charge in [0.2, 0.25) is 0 Å². The van der Waals surface area contributed by atoms with Crippen LogP contribution in [0, 0.1) is 11.7 Å². The molecule has 0 aliphatic heterocycles. The number of nitrogens with one attached hydrogen (secondary N) is 1. The molecule has 2 aromatic rings. The Morgan fingerprint density at radius 2 is 2.21 bits per heavy atom. The Morgan fingerprint density at radius 3 is 2.89 bits per heavy atom. The monoisotopic (exact) mass is 280 g/mol. The third-order valence-corrected chi connectivity index (χ3v) is 3.40. The summed E-state index contributed by atoms with van der Waals surface area (Å²) < 4.78 is 18.6. The molecule has 1 aromatic heterocycles. The molecule has 0 aliphatic rings. The van der Waals surface area contributed by atoms with E-state index in [4.69, 9.17) is 4.74 Å². The fourth-order valence-corrected chi connectivity index (χ4v) is 2.37. The van der Waals surface area contributed by atoms with E-state index in [1.165, 1.54) is 23.5 Å². The van der Waals surface area contributed by atoms with Crippen LogP contribution in [0.1, 0.15) is 13.8 Å². The maximum atomic E-state index is 13.3. The molecule has 0 saturated carbocycles. The van der Waals surface area contributed by atoms with E-state index in [2.05, 4.69) is 24.1 Å². The van der Waals surface area contributed by atoms with Crippen molar-refractivity contribution in [2.24, 2.45) is 5.92 Å². The van der Waals surface area contributed by atoms with Gasteiger partial charge in [-0.3, -0.25) is 0 Å². The number of aromatic nitrogens is 1. The Hall–Kier alpha value is -1.62. The summed E-state index contributed by atoms with van der Waals surface area (Å²) in [6.07, 6.45) is 0. The molecule has 1 N–H and O–H groups in total. The summed E-state index contributed by atoms with van der Waals surface area (Å²) in [5.41, 5.74) is 1.41. The van der Waals surface area contributed by atoms with Crippen LogP contribution in [-0.2, 0) is 0 Å². The number of hydrogen-bond donors (Lipinski definition) is 1. The van der Waals surface area contributed by atoms with Crippen LogP contribution in [0.3, 0.4) is 0 Å². The number of halogens is 1. The predicted octanol–water partition coefficient (Wildman–Crippen LogP) is 4.03. The Kier molecular flexibility index (Phi) is 4.37. The minimum absolute atomic E-state index is 0.291. The zero-order valence-electron chi connectivity index (χ0n) is 11.2. The third kappa shape index (κ3) is 3.44. The zero-order valence-corrected chi connectivity index (χ0v) is 12.1. The molecule has 0 aliphatic carbocycles. The van der Waals surface area contributed by atoms with Gasteiger partial charge in [0, 0.05) is 17.5 Å². The lowest BCUT2D eigenvalue weighted by molar-refractivity contribution is 0.415. The van der Waals surface area contributed by atoms with Gasteiger partial charge in [0.05, 0.1) is 12.8 Å². The molecule has 0 amide bonds. The van der Waals surface area contributed by atoms with Crippen LogP contribution in [0.2, 0.25) is 0 Å². The first kappa shape index (κ1) is 13.8. The first-order valence-corrected chi connectivity index (χ1v) is 7.01. The van der Waals surface area contributed by atoms with E-state index in [0.29, 0.717) is 17.2 Å². The van der Waals surface area contributed by atoms with E-state index in [1.807, 2.05) is 5.38 Å². The van der Waals surface area contributed by atoms with Gasteiger partial charge in [-0.1, -0.05) is 13.8 Å². The molecule has 0 bridgehead atoms. The van der Waals surface area contributed by atoms with Crippen molar-refractivity contribution >= 4 is 16.5 Å². The maximum Gasteiger partial charge on any atom is 0.183 e. The maximum absolute atomic E-state index is 13.3. The molecule has 0 spiro atoms. The lowest BCUT2D eigenvalue weighted by atomic mass is 10.1. The molecule has 102 valence electrons. The standard InChI is InChI=1S/C14H17FN2OS/c1-9(2)7-16-14-17-12(8-19-14)11-6-10(15)4-5-13(11)18-3/h4-6,8-9H,7H2,1-3H3,(H,16,17). The van der Waals surface area contributed by atoms with Gasteiger partial charge in [-0.05, 0) is 24.1 Å². The largest absolute Gasteiger partial charge is 0.496 e. The smallest absolute Gasteiger partial charge is 0.183 e. The number of thiazole rings is 1. The fourth-order valence-electron chi connectivity index (χ4n) is 1.65. The van der Waals surface area contributed by atoms with Gasteiger partial charge < -0.3 is 10.1 Å². The SMILES string of the molecule is COc1ccc(F)cc1-c1csc(NCC(C)C)n1. The van der Waals surface area contributed by atoms with Crippen LogP contribution in [0.25, 0.3) is 11.3 Å². The topological polar surface area (TPSA) is 34.1 Å². The molecule has 0 atom stereocenters. The summed E-state index contributed by atoms with van der Waals surface area (Å²) in [7, 11) is 1.57. The van der Waals surface area contributed by atoms with Crippen LogP contribution < -0.4 is 10.1 Å². The van der Waals surface area contributed by atoms with Crippen molar-refractivity contribution in [3.8, 4) is 17.0 Å². The van der Waals surface area contributed by atoms with Crippen LogP contribution in [0.4, 0.5) is 9.52 Å². The van der Waals surface area contributed by atoms with Crippen LogP contribution in [-0.4, -0.2) is 18.6 Å². The summed E-state index contributed by atoms with van der Waals surface area (Å²) >= 11 is 1.51. The van der Waals surface area contributed by atoms with Crippen LogP contribution in [0.15, 0.2) is 23.6 Å². The number of anilines is 1. The molecule has 1 heterocycles. The van der Waals surface area contributed by atoms with E-state index >= 15 is 0 Å². The van der Waals surface area contributed by atoms with Crippen molar-refractivity contribution in [1.29, 1.82) is 0 Å². The highest BCUT2D eigenvalue weighted by atomic mass is 32.1. The van der Waals surface area contributed by atoms with Gasteiger partial charge in [0.25, 0.3) is 0 Å². The van der Waals surface area contributed by atoms with E-state index in [0.717, 1.165) is 17.4 Å². The van der Waals surface area contributed by atoms with E-state index in [-0.39, 0.29) is 5.82 Å². The molecule has 5 heteroatoms.